The molecule has 1 aliphatic heterocycles. The van der Waals surface area contributed by atoms with Crippen LogP contribution in [-0.2, 0) is 12.8 Å². The van der Waals surface area contributed by atoms with Crippen LogP contribution in [-0.4, -0.2) is 17.6 Å². The number of fused-ring (bicyclic) bond motifs is 1. The molecule has 0 fully saturated rings. The maximum absolute atomic E-state index is 5.85. The molecule has 1 aromatic carbocycles. The van der Waals surface area contributed by atoms with E-state index in [2.05, 4.69) is 28.6 Å². The summed E-state index contributed by atoms with van der Waals surface area (Å²) in [5, 5.41) is 0. The fourth-order valence-electron chi connectivity index (χ4n) is 2.74. The first-order valence-corrected chi connectivity index (χ1v) is 6.92. The van der Waals surface area contributed by atoms with Gasteiger partial charge < -0.3 is 4.74 Å². The Morgan fingerprint density at radius 2 is 2.20 bits per heavy atom. The summed E-state index contributed by atoms with van der Waals surface area (Å²) in [5.41, 5.74) is 5.39. The highest BCUT2D eigenvalue weighted by atomic mass is 16.5. The number of hydrogen-bond donors (Lipinski definition) is 2. The fourth-order valence-corrected chi connectivity index (χ4v) is 2.74. The van der Waals surface area contributed by atoms with Crippen LogP contribution in [0.25, 0.3) is 0 Å². The van der Waals surface area contributed by atoms with Gasteiger partial charge in [0.1, 0.15) is 5.75 Å². The van der Waals surface area contributed by atoms with E-state index < -0.39 is 0 Å². The van der Waals surface area contributed by atoms with E-state index in [0.717, 1.165) is 18.6 Å². The Bertz CT molecular complexity index is 559. The molecule has 2 atom stereocenters. The van der Waals surface area contributed by atoms with Gasteiger partial charge in [0.15, 0.2) is 0 Å². The van der Waals surface area contributed by atoms with Crippen LogP contribution in [0.5, 0.6) is 5.75 Å². The molecule has 4 heteroatoms. The third-order valence-electron chi connectivity index (χ3n) is 3.87. The number of nitrogens with zero attached hydrogens (tertiary/aromatic N) is 1. The molecule has 20 heavy (non-hydrogen) atoms. The molecule has 0 bridgehead atoms. The van der Waals surface area contributed by atoms with Crippen molar-refractivity contribution in [2.75, 3.05) is 6.61 Å². The van der Waals surface area contributed by atoms with E-state index in [1.54, 1.807) is 6.20 Å². The van der Waals surface area contributed by atoms with E-state index in [-0.39, 0.29) is 6.04 Å². The largest absolute Gasteiger partial charge is 0.493 e. The maximum atomic E-state index is 5.85. The SMILES string of the molecule is NNC(Cc1cccnc1)C1COc2ccccc2C1. The van der Waals surface area contributed by atoms with Crippen molar-refractivity contribution in [2.24, 2.45) is 11.8 Å². The van der Waals surface area contributed by atoms with Crippen LogP contribution in [0.3, 0.4) is 0 Å². The van der Waals surface area contributed by atoms with E-state index in [4.69, 9.17) is 10.6 Å². The third kappa shape index (κ3) is 2.81. The average Bonchev–Trinajstić information content (AvgIpc) is 2.53. The molecule has 3 rings (SSSR count). The van der Waals surface area contributed by atoms with E-state index in [0.29, 0.717) is 12.5 Å². The van der Waals surface area contributed by atoms with Crippen LogP contribution in [0.2, 0.25) is 0 Å². The number of nitrogens with one attached hydrogen (secondary N) is 1. The van der Waals surface area contributed by atoms with Gasteiger partial charge in [-0.05, 0) is 36.1 Å². The van der Waals surface area contributed by atoms with Crippen molar-refractivity contribution >= 4 is 0 Å². The number of hydrogen-bond acceptors (Lipinski definition) is 4. The molecule has 0 spiro atoms. The van der Waals surface area contributed by atoms with Crippen molar-refractivity contribution < 1.29 is 4.74 Å². The fraction of sp³-hybridized carbons (Fsp3) is 0.312. The Hall–Kier alpha value is -1.91. The number of pyridine rings is 1. The normalized spacial score (nSPS) is 18.9. The molecule has 2 heterocycles. The van der Waals surface area contributed by atoms with E-state index >= 15 is 0 Å². The minimum atomic E-state index is 0.188. The number of rotatable bonds is 4. The van der Waals surface area contributed by atoms with Gasteiger partial charge in [0.05, 0.1) is 6.61 Å². The summed E-state index contributed by atoms with van der Waals surface area (Å²) < 4.78 is 5.85. The topological polar surface area (TPSA) is 60.2 Å². The molecule has 1 aliphatic rings. The van der Waals surface area contributed by atoms with Gasteiger partial charge in [0.2, 0.25) is 0 Å². The zero-order valence-corrected chi connectivity index (χ0v) is 11.3. The minimum absolute atomic E-state index is 0.188. The summed E-state index contributed by atoms with van der Waals surface area (Å²) in [6.07, 6.45) is 5.53. The third-order valence-corrected chi connectivity index (χ3v) is 3.87. The Labute approximate surface area is 119 Å². The molecule has 0 saturated carbocycles. The van der Waals surface area contributed by atoms with E-state index in [1.165, 1.54) is 11.1 Å². The van der Waals surface area contributed by atoms with Crippen molar-refractivity contribution in [3.05, 3.63) is 59.9 Å². The van der Waals surface area contributed by atoms with Gasteiger partial charge in [0, 0.05) is 24.4 Å². The second kappa shape index (κ2) is 6.03. The van der Waals surface area contributed by atoms with Gasteiger partial charge in [0.25, 0.3) is 0 Å². The van der Waals surface area contributed by atoms with Crippen LogP contribution in [0, 0.1) is 5.92 Å². The zero-order chi connectivity index (χ0) is 13.8. The van der Waals surface area contributed by atoms with Gasteiger partial charge in [-0.1, -0.05) is 24.3 Å². The molecule has 2 unspecified atom stereocenters. The highest BCUT2D eigenvalue weighted by Crippen LogP contribution is 2.28. The Morgan fingerprint density at radius 1 is 1.30 bits per heavy atom. The molecule has 2 aromatic rings. The summed E-state index contributed by atoms with van der Waals surface area (Å²) in [4.78, 5) is 4.15. The second-order valence-electron chi connectivity index (χ2n) is 5.22. The lowest BCUT2D eigenvalue weighted by atomic mass is 9.87. The summed E-state index contributed by atoms with van der Waals surface area (Å²) in [5.74, 6) is 7.12. The minimum Gasteiger partial charge on any atom is -0.493 e. The number of hydrazine groups is 1. The van der Waals surface area contributed by atoms with Gasteiger partial charge >= 0.3 is 0 Å². The van der Waals surface area contributed by atoms with Gasteiger partial charge in [-0.3, -0.25) is 16.3 Å². The zero-order valence-electron chi connectivity index (χ0n) is 11.3. The molecular weight excluding hydrogens is 250 g/mol. The number of benzene rings is 1. The Morgan fingerprint density at radius 3 is 3.00 bits per heavy atom. The lowest BCUT2D eigenvalue weighted by Gasteiger charge is -2.31. The first-order valence-electron chi connectivity index (χ1n) is 6.92. The predicted molar refractivity (Wildman–Crippen MR) is 78.2 cm³/mol. The lowest BCUT2D eigenvalue weighted by Crippen LogP contribution is -2.46. The van der Waals surface area contributed by atoms with Gasteiger partial charge in [-0.25, -0.2) is 0 Å². The van der Waals surface area contributed by atoms with Crippen molar-refractivity contribution in [1.82, 2.24) is 10.4 Å². The average molecular weight is 269 g/mol. The lowest BCUT2D eigenvalue weighted by molar-refractivity contribution is 0.183. The molecule has 1 aromatic heterocycles. The smallest absolute Gasteiger partial charge is 0.122 e. The maximum Gasteiger partial charge on any atom is 0.122 e. The van der Waals surface area contributed by atoms with Crippen molar-refractivity contribution in [3.63, 3.8) is 0 Å². The molecule has 3 N–H and O–H groups in total. The molecule has 4 nitrogen and oxygen atoms in total. The Kier molecular flexibility index (Phi) is 3.95. The van der Waals surface area contributed by atoms with Crippen LogP contribution in [0.1, 0.15) is 11.1 Å². The van der Waals surface area contributed by atoms with E-state index in [1.807, 2.05) is 24.4 Å². The summed E-state index contributed by atoms with van der Waals surface area (Å²) >= 11 is 0. The highest BCUT2D eigenvalue weighted by molar-refractivity contribution is 5.35. The molecule has 0 aliphatic carbocycles. The number of ether oxygens (including phenoxy) is 1. The number of para-hydroxylation sites is 1. The molecule has 0 saturated heterocycles. The van der Waals surface area contributed by atoms with Crippen molar-refractivity contribution in [1.29, 1.82) is 0 Å². The first kappa shape index (κ1) is 13.1. The first-order chi connectivity index (χ1) is 9.86. The highest BCUT2D eigenvalue weighted by Gasteiger charge is 2.26. The van der Waals surface area contributed by atoms with Crippen LogP contribution < -0.4 is 16.0 Å². The molecule has 0 radical (unpaired) electrons. The molecular formula is C16H19N3O. The van der Waals surface area contributed by atoms with Crippen molar-refractivity contribution in [3.8, 4) is 5.75 Å². The standard InChI is InChI=1S/C16H19N3O/c17-19-15(8-12-4-3-7-18-10-12)14-9-13-5-1-2-6-16(13)20-11-14/h1-7,10,14-15,19H,8-9,11,17H2. The van der Waals surface area contributed by atoms with E-state index in [9.17, 15) is 0 Å². The summed E-state index contributed by atoms with van der Waals surface area (Å²) in [7, 11) is 0. The van der Waals surface area contributed by atoms with Crippen molar-refractivity contribution in [2.45, 2.75) is 18.9 Å². The van der Waals surface area contributed by atoms with Gasteiger partial charge in [-0.15, -0.1) is 0 Å². The summed E-state index contributed by atoms with van der Waals surface area (Å²) in [6.45, 7) is 0.701. The number of aromatic nitrogens is 1. The molecule has 0 amide bonds. The quantitative estimate of drug-likeness (QED) is 0.655. The number of nitrogens with two attached hydrogens (primary N) is 1. The van der Waals surface area contributed by atoms with Crippen LogP contribution >= 0.6 is 0 Å². The van der Waals surface area contributed by atoms with Crippen LogP contribution in [0.4, 0.5) is 0 Å². The predicted octanol–water partition coefficient (Wildman–Crippen LogP) is 1.71. The van der Waals surface area contributed by atoms with Gasteiger partial charge in [-0.2, -0.15) is 0 Å². The molecule has 104 valence electrons. The Balaban J connectivity index is 1.72. The monoisotopic (exact) mass is 269 g/mol. The second-order valence-corrected chi connectivity index (χ2v) is 5.22. The summed E-state index contributed by atoms with van der Waals surface area (Å²) in [6, 6.07) is 12.4. The van der Waals surface area contributed by atoms with Crippen LogP contribution in [0.15, 0.2) is 48.8 Å².